The summed E-state index contributed by atoms with van der Waals surface area (Å²) in [6, 6.07) is 5.25. The van der Waals surface area contributed by atoms with Crippen LogP contribution in [-0.4, -0.2) is 45.3 Å². The van der Waals surface area contributed by atoms with E-state index in [0.717, 1.165) is 56.6 Å². The third-order valence-electron chi connectivity index (χ3n) is 4.04. The predicted octanol–water partition coefficient (Wildman–Crippen LogP) is 2.91. The summed E-state index contributed by atoms with van der Waals surface area (Å²) < 4.78 is 29.5. The fourth-order valence-corrected chi connectivity index (χ4v) is 3.62. The molecule has 1 heterocycles. The van der Waals surface area contributed by atoms with E-state index in [4.69, 9.17) is 4.74 Å². The fraction of sp³-hybridized carbons (Fsp3) is 0.647. The molecule has 0 aromatic heterocycles. The molecule has 0 aliphatic carbocycles. The normalized spacial score (nSPS) is 18.1. The van der Waals surface area contributed by atoms with Crippen LogP contribution in [0.15, 0.2) is 23.1 Å². The van der Waals surface area contributed by atoms with E-state index >= 15 is 0 Å². The number of benzene rings is 1. The van der Waals surface area contributed by atoms with Crippen molar-refractivity contribution in [2.45, 2.75) is 50.5 Å². The van der Waals surface area contributed by atoms with Gasteiger partial charge in [-0.1, -0.05) is 19.9 Å². The standard InChI is InChI=1S/C17H27NO3S/c1-4-10-18(11-5-2)13-15-8-6-14-7-9-16(22(3,19)20)12-17(14)21-15/h7,9,12,15H,4-6,8,10-11,13H2,1-3H3. The van der Waals surface area contributed by atoms with Crippen molar-refractivity contribution in [3.05, 3.63) is 23.8 Å². The molecular formula is C17H27NO3S. The third-order valence-corrected chi connectivity index (χ3v) is 5.15. The van der Waals surface area contributed by atoms with Crippen molar-refractivity contribution in [1.82, 2.24) is 4.90 Å². The van der Waals surface area contributed by atoms with Gasteiger partial charge in [0.2, 0.25) is 0 Å². The summed E-state index contributed by atoms with van der Waals surface area (Å²) in [5.41, 5.74) is 1.11. The zero-order chi connectivity index (χ0) is 16.2. The number of sulfone groups is 1. The summed E-state index contributed by atoms with van der Waals surface area (Å²) in [5, 5.41) is 0. The molecule has 1 atom stereocenters. The van der Waals surface area contributed by atoms with E-state index in [1.54, 1.807) is 12.1 Å². The Bertz CT molecular complexity index is 592. The molecular weight excluding hydrogens is 298 g/mol. The molecule has 4 nitrogen and oxygen atoms in total. The maximum absolute atomic E-state index is 11.7. The number of hydrogen-bond acceptors (Lipinski definition) is 4. The van der Waals surface area contributed by atoms with Crippen molar-refractivity contribution in [2.24, 2.45) is 0 Å². The number of ether oxygens (including phenoxy) is 1. The first kappa shape index (κ1) is 17.3. The summed E-state index contributed by atoms with van der Waals surface area (Å²) in [7, 11) is -3.18. The molecule has 0 radical (unpaired) electrons. The molecule has 124 valence electrons. The Morgan fingerprint density at radius 3 is 2.50 bits per heavy atom. The van der Waals surface area contributed by atoms with Gasteiger partial charge < -0.3 is 4.74 Å². The lowest BCUT2D eigenvalue weighted by atomic mass is 10.0. The van der Waals surface area contributed by atoms with Crippen molar-refractivity contribution in [2.75, 3.05) is 25.9 Å². The number of hydrogen-bond donors (Lipinski definition) is 0. The number of nitrogens with zero attached hydrogens (tertiary/aromatic N) is 1. The van der Waals surface area contributed by atoms with Crippen LogP contribution < -0.4 is 4.74 Å². The van der Waals surface area contributed by atoms with Crippen LogP contribution in [0.3, 0.4) is 0 Å². The maximum Gasteiger partial charge on any atom is 0.175 e. The van der Waals surface area contributed by atoms with E-state index in [2.05, 4.69) is 18.7 Å². The van der Waals surface area contributed by atoms with E-state index in [1.165, 1.54) is 6.26 Å². The molecule has 0 fully saturated rings. The first-order chi connectivity index (χ1) is 10.4. The van der Waals surface area contributed by atoms with Gasteiger partial charge >= 0.3 is 0 Å². The van der Waals surface area contributed by atoms with E-state index in [0.29, 0.717) is 4.90 Å². The van der Waals surface area contributed by atoms with Gasteiger partial charge in [0, 0.05) is 12.8 Å². The smallest absolute Gasteiger partial charge is 0.175 e. The minimum absolute atomic E-state index is 0.153. The highest BCUT2D eigenvalue weighted by molar-refractivity contribution is 7.90. The van der Waals surface area contributed by atoms with Gasteiger partial charge in [0.05, 0.1) is 4.90 Å². The van der Waals surface area contributed by atoms with Crippen LogP contribution in [-0.2, 0) is 16.3 Å². The monoisotopic (exact) mass is 325 g/mol. The second kappa shape index (κ2) is 7.47. The molecule has 0 spiro atoms. The van der Waals surface area contributed by atoms with Crippen molar-refractivity contribution in [1.29, 1.82) is 0 Å². The van der Waals surface area contributed by atoms with Crippen LogP contribution >= 0.6 is 0 Å². The Balaban J connectivity index is 2.09. The highest BCUT2D eigenvalue weighted by atomic mass is 32.2. The van der Waals surface area contributed by atoms with Crippen LogP contribution in [0.4, 0.5) is 0 Å². The van der Waals surface area contributed by atoms with Crippen LogP contribution in [0.2, 0.25) is 0 Å². The van der Waals surface area contributed by atoms with Crippen molar-refractivity contribution < 1.29 is 13.2 Å². The molecule has 1 unspecified atom stereocenters. The first-order valence-electron chi connectivity index (χ1n) is 8.16. The zero-order valence-electron chi connectivity index (χ0n) is 13.8. The van der Waals surface area contributed by atoms with Gasteiger partial charge in [-0.2, -0.15) is 0 Å². The second-order valence-corrected chi connectivity index (χ2v) is 8.14. The fourth-order valence-electron chi connectivity index (χ4n) is 2.98. The molecule has 0 saturated heterocycles. The van der Waals surface area contributed by atoms with Crippen LogP contribution in [0.1, 0.15) is 38.7 Å². The van der Waals surface area contributed by atoms with E-state index in [1.807, 2.05) is 6.07 Å². The topological polar surface area (TPSA) is 46.6 Å². The third kappa shape index (κ3) is 4.46. The van der Waals surface area contributed by atoms with E-state index < -0.39 is 9.84 Å². The predicted molar refractivity (Wildman–Crippen MR) is 89.3 cm³/mol. The van der Waals surface area contributed by atoms with Crippen molar-refractivity contribution >= 4 is 9.84 Å². The largest absolute Gasteiger partial charge is 0.489 e. The minimum atomic E-state index is -3.18. The lowest BCUT2D eigenvalue weighted by molar-refractivity contribution is 0.113. The van der Waals surface area contributed by atoms with Crippen LogP contribution in [0.25, 0.3) is 0 Å². The quantitative estimate of drug-likeness (QED) is 0.773. The van der Waals surface area contributed by atoms with Gasteiger partial charge in [0.25, 0.3) is 0 Å². The lowest BCUT2D eigenvalue weighted by Gasteiger charge is -2.31. The Hall–Kier alpha value is -1.07. The second-order valence-electron chi connectivity index (χ2n) is 6.12. The van der Waals surface area contributed by atoms with Gasteiger partial charge in [0.15, 0.2) is 9.84 Å². The highest BCUT2D eigenvalue weighted by Gasteiger charge is 2.23. The summed E-state index contributed by atoms with van der Waals surface area (Å²) in [6.07, 6.45) is 5.62. The SMILES string of the molecule is CCCN(CCC)CC1CCc2ccc(S(C)(=O)=O)cc2O1. The number of rotatable bonds is 7. The highest BCUT2D eigenvalue weighted by Crippen LogP contribution is 2.30. The summed E-state index contributed by atoms with van der Waals surface area (Å²) in [5.74, 6) is 0.743. The molecule has 1 aliphatic heterocycles. The Morgan fingerprint density at radius 1 is 1.23 bits per heavy atom. The number of fused-ring (bicyclic) bond motifs is 1. The molecule has 5 heteroatoms. The summed E-state index contributed by atoms with van der Waals surface area (Å²) >= 11 is 0. The summed E-state index contributed by atoms with van der Waals surface area (Å²) in [6.45, 7) is 7.48. The van der Waals surface area contributed by atoms with Crippen molar-refractivity contribution in [3.63, 3.8) is 0 Å². The Kier molecular flexibility index (Phi) is 5.87. The molecule has 1 aromatic rings. The molecule has 0 saturated carbocycles. The number of aryl methyl sites for hydroxylation is 1. The molecule has 0 bridgehead atoms. The maximum atomic E-state index is 11.7. The van der Waals surface area contributed by atoms with Gasteiger partial charge in [-0.15, -0.1) is 0 Å². The zero-order valence-corrected chi connectivity index (χ0v) is 14.7. The molecule has 0 N–H and O–H groups in total. The van der Waals surface area contributed by atoms with Gasteiger partial charge in [-0.3, -0.25) is 4.90 Å². The van der Waals surface area contributed by atoms with Crippen LogP contribution in [0, 0.1) is 0 Å². The molecule has 2 rings (SSSR count). The molecule has 1 aliphatic rings. The summed E-state index contributed by atoms with van der Waals surface area (Å²) in [4.78, 5) is 2.78. The average Bonchev–Trinajstić information content (AvgIpc) is 2.46. The van der Waals surface area contributed by atoms with Gasteiger partial charge in [0.1, 0.15) is 11.9 Å². The van der Waals surface area contributed by atoms with Gasteiger partial charge in [-0.05, 0) is 56.5 Å². The molecule has 1 aromatic carbocycles. The van der Waals surface area contributed by atoms with E-state index in [9.17, 15) is 8.42 Å². The van der Waals surface area contributed by atoms with E-state index in [-0.39, 0.29) is 6.10 Å². The minimum Gasteiger partial charge on any atom is -0.489 e. The van der Waals surface area contributed by atoms with Gasteiger partial charge in [-0.25, -0.2) is 8.42 Å². The average molecular weight is 325 g/mol. The van der Waals surface area contributed by atoms with Crippen molar-refractivity contribution in [3.8, 4) is 5.75 Å². The van der Waals surface area contributed by atoms with Crippen LogP contribution in [0.5, 0.6) is 5.75 Å². The lowest BCUT2D eigenvalue weighted by Crippen LogP contribution is -2.38. The molecule has 0 amide bonds. The Labute approximate surface area is 134 Å². The molecule has 22 heavy (non-hydrogen) atoms. The Morgan fingerprint density at radius 2 is 1.91 bits per heavy atom. The first-order valence-corrected chi connectivity index (χ1v) is 10.0.